The van der Waals surface area contributed by atoms with Crippen LogP contribution in [0.5, 0.6) is 0 Å². The quantitative estimate of drug-likeness (QED) is 0.825. The van der Waals surface area contributed by atoms with Crippen molar-refractivity contribution in [3.05, 3.63) is 18.2 Å². The van der Waals surface area contributed by atoms with E-state index in [0.717, 1.165) is 24.7 Å². The molecule has 2 N–H and O–H groups in total. The third-order valence-electron chi connectivity index (χ3n) is 3.90. The molecular formula is C15H25N3S. The van der Waals surface area contributed by atoms with Gasteiger partial charge in [-0.15, -0.1) is 0 Å². The molecule has 106 valence electrons. The fourth-order valence-corrected chi connectivity index (χ4v) is 3.63. The predicted octanol–water partition coefficient (Wildman–Crippen LogP) is 3.99. The fourth-order valence-electron chi connectivity index (χ4n) is 2.71. The van der Waals surface area contributed by atoms with Gasteiger partial charge >= 0.3 is 0 Å². The first kappa shape index (κ1) is 14.5. The largest absolute Gasteiger partial charge is 0.370 e. The van der Waals surface area contributed by atoms with Gasteiger partial charge < -0.3 is 10.6 Å². The summed E-state index contributed by atoms with van der Waals surface area (Å²) in [7, 11) is 0. The summed E-state index contributed by atoms with van der Waals surface area (Å²) >= 11 is 2.02. The van der Waals surface area contributed by atoms with Crippen molar-refractivity contribution in [2.24, 2.45) is 0 Å². The molecule has 0 aliphatic heterocycles. The average molecular weight is 279 g/mol. The maximum absolute atomic E-state index is 4.58. The van der Waals surface area contributed by atoms with E-state index in [2.05, 4.69) is 40.9 Å². The standard InChI is InChI=1S/C15H25N3S/c1-3-16-13-8-7-9-14(18-13)17-12-15(19-2)10-5-4-6-11-15/h7-9H,3-6,10-12H2,1-2H3,(H2,16,17,18). The Kier molecular flexibility index (Phi) is 5.37. The van der Waals surface area contributed by atoms with E-state index in [0.29, 0.717) is 4.75 Å². The van der Waals surface area contributed by atoms with Crippen LogP contribution in [-0.2, 0) is 0 Å². The van der Waals surface area contributed by atoms with Crippen molar-refractivity contribution in [2.45, 2.75) is 43.8 Å². The van der Waals surface area contributed by atoms with Gasteiger partial charge in [0.05, 0.1) is 0 Å². The Morgan fingerprint density at radius 1 is 1.16 bits per heavy atom. The van der Waals surface area contributed by atoms with Crippen molar-refractivity contribution in [2.75, 3.05) is 30.0 Å². The zero-order valence-corrected chi connectivity index (χ0v) is 12.9. The molecule has 0 unspecified atom stereocenters. The van der Waals surface area contributed by atoms with Crippen molar-refractivity contribution >= 4 is 23.4 Å². The molecule has 0 amide bonds. The first-order valence-corrected chi connectivity index (χ1v) is 8.50. The number of pyridine rings is 1. The molecular weight excluding hydrogens is 254 g/mol. The van der Waals surface area contributed by atoms with Crippen molar-refractivity contribution in [3.8, 4) is 0 Å². The molecule has 1 aromatic heterocycles. The van der Waals surface area contributed by atoms with Crippen molar-refractivity contribution < 1.29 is 0 Å². The summed E-state index contributed by atoms with van der Waals surface area (Å²) in [6, 6.07) is 6.12. The zero-order chi connectivity index (χ0) is 13.6. The Balaban J connectivity index is 1.94. The highest BCUT2D eigenvalue weighted by molar-refractivity contribution is 8.00. The molecule has 1 saturated carbocycles. The fraction of sp³-hybridized carbons (Fsp3) is 0.667. The van der Waals surface area contributed by atoms with Crippen LogP contribution < -0.4 is 10.6 Å². The number of thioether (sulfide) groups is 1. The lowest BCUT2D eigenvalue weighted by molar-refractivity contribution is 0.411. The number of hydrogen-bond acceptors (Lipinski definition) is 4. The summed E-state index contributed by atoms with van der Waals surface area (Å²) in [5, 5.41) is 6.79. The molecule has 1 fully saturated rings. The van der Waals surface area contributed by atoms with Gasteiger partial charge in [-0.2, -0.15) is 11.8 Å². The summed E-state index contributed by atoms with van der Waals surface area (Å²) in [6.45, 7) is 4.02. The highest BCUT2D eigenvalue weighted by Crippen LogP contribution is 2.38. The van der Waals surface area contributed by atoms with Crippen molar-refractivity contribution in [3.63, 3.8) is 0 Å². The van der Waals surface area contributed by atoms with Gasteiger partial charge in [-0.05, 0) is 38.2 Å². The van der Waals surface area contributed by atoms with Gasteiger partial charge in [-0.3, -0.25) is 0 Å². The molecule has 0 spiro atoms. The number of nitrogens with one attached hydrogen (secondary N) is 2. The highest BCUT2D eigenvalue weighted by Gasteiger charge is 2.30. The van der Waals surface area contributed by atoms with Crippen LogP contribution in [0.25, 0.3) is 0 Å². The van der Waals surface area contributed by atoms with Crippen LogP contribution in [0.3, 0.4) is 0 Å². The van der Waals surface area contributed by atoms with Crippen LogP contribution in [0.4, 0.5) is 11.6 Å². The Morgan fingerprint density at radius 2 is 1.84 bits per heavy atom. The van der Waals surface area contributed by atoms with Gasteiger partial charge in [0.2, 0.25) is 0 Å². The number of hydrogen-bond donors (Lipinski definition) is 2. The average Bonchev–Trinajstić information content (AvgIpc) is 2.47. The molecule has 0 atom stereocenters. The SMILES string of the molecule is CCNc1cccc(NCC2(SC)CCCCC2)n1. The van der Waals surface area contributed by atoms with E-state index < -0.39 is 0 Å². The molecule has 0 saturated heterocycles. The summed E-state index contributed by atoms with van der Waals surface area (Å²) in [6.07, 6.45) is 9.04. The monoisotopic (exact) mass is 279 g/mol. The molecule has 1 aliphatic rings. The molecule has 0 bridgehead atoms. The molecule has 2 rings (SSSR count). The molecule has 0 radical (unpaired) electrons. The van der Waals surface area contributed by atoms with Gasteiger partial charge in [-0.1, -0.05) is 25.3 Å². The number of anilines is 2. The van der Waals surface area contributed by atoms with Crippen LogP contribution >= 0.6 is 11.8 Å². The lowest BCUT2D eigenvalue weighted by Crippen LogP contribution is -2.35. The van der Waals surface area contributed by atoms with Crippen LogP contribution in [0.2, 0.25) is 0 Å². The maximum Gasteiger partial charge on any atom is 0.128 e. The van der Waals surface area contributed by atoms with E-state index in [4.69, 9.17) is 0 Å². The number of nitrogens with zero attached hydrogens (tertiary/aromatic N) is 1. The Hall–Kier alpha value is -0.900. The van der Waals surface area contributed by atoms with Crippen LogP contribution in [0.1, 0.15) is 39.0 Å². The summed E-state index contributed by atoms with van der Waals surface area (Å²) < 4.78 is 0.411. The van der Waals surface area contributed by atoms with Crippen molar-refractivity contribution in [1.82, 2.24) is 4.98 Å². The lowest BCUT2D eigenvalue weighted by Gasteiger charge is -2.36. The second-order valence-electron chi connectivity index (χ2n) is 5.24. The molecule has 19 heavy (non-hydrogen) atoms. The van der Waals surface area contributed by atoms with Crippen LogP contribution in [-0.4, -0.2) is 29.1 Å². The van der Waals surface area contributed by atoms with Gasteiger partial charge in [0.25, 0.3) is 0 Å². The minimum atomic E-state index is 0.411. The Morgan fingerprint density at radius 3 is 2.47 bits per heavy atom. The predicted molar refractivity (Wildman–Crippen MR) is 86.2 cm³/mol. The van der Waals surface area contributed by atoms with Gasteiger partial charge in [0.1, 0.15) is 11.6 Å². The molecule has 0 aromatic carbocycles. The second kappa shape index (κ2) is 7.04. The Labute approximate surface area is 121 Å². The molecule has 1 aliphatic carbocycles. The minimum Gasteiger partial charge on any atom is -0.370 e. The van der Waals surface area contributed by atoms with Crippen LogP contribution in [0, 0.1) is 0 Å². The molecule has 1 aromatic rings. The third-order valence-corrected chi connectivity index (χ3v) is 5.32. The van der Waals surface area contributed by atoms with E-state index in [9.17, 15) is 0 Å². The maximum atomic E-state index is 4.58. The number of rotatable bonds is 6. The first-order chi connectivity index (χ1) is 9.28. The topological polar surface area (TPSA) is 37.0 Å². The first-order valence-electron chi connectivity index (χ1n) is 7.28. The van der Waals surface area contributed by atoms with Gasteiger partial charge in [-0.25, -0.2) is 4.98 Å². The van der Waals surface area contributed by atoms with E-state index in [1.807, 2.05) is 17.8 Å². The van der Waals surface area contributed by atoms with Crippen molar-refractivity contribution in [1.29, 1.82) is 0 Å². The lowest BCUT2D eigenvalue weighted by atomic mass is 9.88. The normalized spacial score (nSPS) is 18.0. The third kappa shape index (κ3) is 4.03. The number of aromatic nitrogens is 1. The molecule has 4 heteroatoms. The molecule has 3 nitrogen and oxygen atoms in total. The van der Waals surface area contributed by atoms with Gasteiger partial charge in [0, 0.05) is 17.8 Å². The van der Waals surface area contributed by atoms with Gasteiger partial charge in [0.15, 0.2) is 0 Å². The summed E-state index contributed by atoms with van der Waals surface area (Å²) in [5.41, 5.74) is 0. The van der Waals surface area contributed by atoms with E-state index in [-0.39, 0.29) is 0 Å². The van der Waals surface area contributed by atoms with E-state index >= 15 is 0 Å². The minimum absolute atomic E-state index is 0.411. The van der Waals surface area contributed by atoms with E-state index in [1.54, 1.807) is 0 Å². The molecule has 1 heterocycles. The van der Waals surface area contributed by atoms with E-state index in [1.165, 1.54) is 32.1 Å². The zero-order valence-electron chi connectivity index (χ0n) is 12.0. The highest BCUT2D eigenvalue weighted by atomic mass is 32.2. The Bertz CT molecular complexity index is 389. The smallest absolute Gasteiger partial charge is 0.128 e. The van der Waals surface area contributed by atoms with Crippen LogP contribution in [0.15, 0.2) is 18.2 Å². The summed E-state index contributed by atoms with van der Waals surface area (Å²) in [4.78, 5) is 4.58. The summed E-state index contributed by atoms with van der Waals surface area (Å²) in [5.74, 6) is 1.94. The second-order valence-corrected chi connectivity index (χ2v) is 6.51.